The first-order valence-electron chi connectivity index (χ1n) is 7.94. The van der Waals surface area contributed by atoms with E-state index in [0.29, 0.717) is 12.3 Å². The number of carbonyl (C=O) groups is 1. The highest BCUT2D eigenvalue weighted by Gasteiger charge is 2.15. The number of rotatable bonds is 5. The van der Waals surface area contributed by atoms with Gasteiger partial charge in [0.2, 0.25) is 0 Å². The summed E-state index contributed by atoms with van der Waals surface area (Å²) in [5.41, 5.74) is 2.93. The van der Waals surface area contributed by atoms with E-state index in [1.165, 1.54) is 11.3 Å². The van der Waals surface area contributed by atoms with E-state index in [9.17, 15) is 4.79 Å². The summed E-state index contributed by atoms with van der Waals surface area (Å²) in [7, 11) is 0. The molecule has 4 heterocycles. The highest BCUT2D eigenvalue weighted by atomic mass is 32.1. The molecule has 0 aliphatic rings. The standard InChI is InChI=1S/C19H14N4O2S/c24-19(15-11-16(25-23-15)17-4-2-10-26-17)22-12-14-3-1-7-21-18(14)13-5-8-20-9-6-13/h1-11H,12H2,(H,22,24). The van der Waals surface area contributed by atoms with Crippen molar-refractivity contribution in [2.24, 2.45) is 0 Å². The van der Waals surface area contributed by atoms with Crippen LogP contribution < -0.4 is 5.32 Å². The van der Waals surface area contributed by atoms with Gasteiger partial charge in [-0.15, -0.1) is 11.3 Å². The molecular weight excluding hydrogens is 348 g/mol. The van der Waals surface area contributed by atoms with Crippen molar-refractivity contribution in [1.82, 2.24) is 20.4 Å². The number of pyridine rings is 2. The minimum Gasteiger partial charge on any atom is -0.355 e. The quantitative estimate of drug-likeness (QED) is 0.584. The number of amides is 1. The molecule has 1 amide bonds. The van der Waals surface area contributed by atoms with Crippen molar-refractivity contribution in [2.45, 2.75) is 6.54 Å². The van der Waals surface area contributed by atoms with Crippen molar-refractivity contribution >= 4 is 17.2 Å². The fourth-order valence-electron chi connectivity index (χ4n) is 2.53. The van der Waals surface area contributed by atoms with E-state index in [4.69, 9.17) is 4.52 Å². The lowest BCUT2D eigenvalue weighted by Gasteiger charge is -2.09. The number of aromatic nitrogens is 3. The molecule has 4 aromatic rings. The number of carbonyl (C=O) groups excluding carboxylic acids is 1. The van der Waals surface area contributed by atoms with E-state index in [1.807, 2.05) is 41.8 Å². The topological polar surface area (TPSA) is 80.9 Å². The first-order chi connectivity index (χ1) is 12.8. The number of nitrogens with zero attached hydrogens (tertiary/aromatic N) is 3. The lowest BCUT2D eigenvalue weighted by Crippen LogP contribution is -2.23. The summed E-state index contributed by atoms with van der Waals surface area (Å²) >= 11 is 1.53. The largest absolute Gasteiger partial charge is 0.355 e. The van der Waals surface area contributed by atoms with Crippen molar-refractivity contribution in [2.75, 3.05) is 0 Å². The highest BCUT2D eigenvalue weighted by molar-refractivity contribution is 7.13. The molecule has 0 aliphatic carbocycles. The number of nitrogens with one attached hydrogen (secondary N) is 1. The average Bonchev–Trinajstić information content (AvgIpc) is 3.38. The molecule has 0 saturated carbocycles. The summed E-state index contributed by atoms with van der Waals surface area (Å²) in [4.78, 5) is 21.8. The molecule has 26 heavy (non-hydrogen) atoms. The normalized spacial score (nSPS) is 10.6. The Balaban J connectivity index is 1.49. The number of hydrogen-bond donors (Lipinski definition) is 1. The first-order valence-corrected chi connectivity index (χ1v) is 8.82. The molecule has 1 N–H and O–H groups in total. The number of thiophene rings is 1. The molecule has 0 spiro atoms. The Morgan fingerprint density at radius 1 is 1.12 bits per heavy atom. The van der Waals surface area contributed by atoms with Gasteiger partial charge in [-0.25, -0.2) is 0 Å². The predicted octanol–water partition coefficient (Wildman–Crippen LogP) is 3.79. The zero-order chi connectivity index (χ0) is 17.8. The molecule has 0 aromatic carbocycles. The molecule has 4 rings (SSSR count). The first kappa shape index (κ1) is 16.2. The summed E-state index contributed by atoms with van der Waals surface area (Å²) in [5, 5.41) is 8.68. The van der Waals surface area contributed by atoms with Gasteiger partial charge >= 0.3 is 0 Å². The van der Waals surface area contributed by atoms with Crippen molar-refractivity contribution in [3.8, 4) is 21.9 Å². The molecule has 0 unspecified atom stereocenters. The molecule has 0 bridgehead atoms. The SMILES string of the molecule is O=C(NCc1cccnc1-c1ccncc1)c1cc(-c2cccs2)on1. The second-order valence-electron chi connectivity index (χ2n) is 5.48. The van der Waals surface area contributed by atoms with Crippen molar-refractivity contribution in [3.05, 3.63) is 77.7 Å². The average molecular weight is 362 g/mol. The minimum atomic E-state index is -0.291. The predicted molar refractivity (Wildman–Crippen MR) is 98.5 cm³/mol. The van der Waals surface area contributed by atoms with E-state index < -0.39 is 0 Å². The Bertz CT molecular complexity index is 1010. The van der Waals surface area contributed by atoms with Crippen LogP contribution in [0, 0.1) is 0 Å². The van der Waals surface area contributed by atoms with Crippen LogP contribution >= 0.6 is 11.3 Å². The summed E-state index contributed by atoms with van der Waals surface area (Å²) in [6.07, 6.45) is 5.16. The summed E-state index contributed by atoms with van der Waals surface area (Å²) in [6.45, 7) is 0.339. The molecule has 0 atom stereocenters. The molecule has 128 valence electrons. The van der Waals surface area contributed by atoms with Crippen LogP contribution in [0.15, 0.2) is 71.0 Å². The van der Waals surface area contributed by atoms with Gasteiger partial charge < -0.3 is 9.84 Å². The molecule has 0 aliphatic heterocycles. The van der Waals surface area contributed by atoms with E-state index in [0.717, 1.165) is 21.7 Å². The van der Waals surface area contributed by atoms with Crippen LogP contribution in [0.4, 0.5) is 0 Å². The van der Waals surface area contributed by atoms with Crippen LogP contribution in [0.25, 0.3) is 21.9 Å². The third kappa shape index (κ3) is 3.38. The Labute approximate surface area is 153 Å². The van der Waals surface area contributed by atoms with Gasteiger partial charge in [-0.3, -0.25) is 14.8 Å². The van der Waals surface area contributed by atoms with Crippen LogP contribution in [0.3, 0.4) is 0 Å². The Hall–Kier alpha value is -3.32. The maximum absolute atomic E-state index is 12.4. The van der Waals surface area contributed by atoms with Crippen LogP contribution in [0.1, 0.15) is 16.1 Å². The second kappa shape index (κ2) is 7.28. The van der Waals surface area contributed by atoms with Gasteiger partial charge in [-0.1, -0.05) is 17.3 Å². The van der Waals surface area contributed by atoms with Gasteiger partial charge in [0.1, 0.15) is 0 Å². The molecule has 0 saturated heterocycles. The van der Waals surface area contributed by atoms with Crippen molar-refractivity contribution in [3.63, 3.8) is 0 Å². The van der Waals surface area contributed by atoms with E-state index >= 15 is 0 Å². The third-order valence-corrected chi connectivity index (χ3v) is 4.68. The smallest absolute Gasteiger partial charge is 0.273 e. The zero-order valence-electron chi connectivity index (χ0n) is 13.6. The Morgan fingerprint density at radius 3 is 2.81 bits per heavy atom. The lowest BCUT2D eigenvalue weighted by molar-refractivity contribution is 0.0942. The lowest BCUT2D eigenvalue weighted by atomic mass is 10.1. The molecule has 6 nitrogen and oxygen atoms in total. The van der Waals surface area contributed by atoms with Crippen LogP contribution in [-0.2, 0) is 6.54 Å². The Morgan fingerprint density at radius 2 is 2.00 bits per heavy atom. The van der Waals surface area contributed by atoms with E-state index in [2.05, 4.69) is 20.4 Å². The van der Waals surface area contributed by atoms with Gasteiger partial charge in [-0.2, -0.15) is 0 Å². The Kier molecular flexibility index (Phi) is 4.53. The van der Waals surface area contributed by atoms with Gasteiger partial charge in [-0.05, 0) is 35.2 Å². The van der Waals surface area contributed by atoms with Crippen molar-refractivity contribution in [1.29, 1.82) is 0 Å². The summed E-state index contributed by atoms with van der Waals surface area (Å²) in [5.74, 6) is 0.296. The van der Waals surface area contributed by atoms with Crippen LogP contribution in [-0.4, -0.2) is 21.0 Å². The van der Waals surface area contributed by atoms with Crippen LogP contribution in [0.2, 0.25) is 0 Å². The third-order valence-electron chi connectivity index (χ3n) is 3.79. The molecule has 0 fully saturated rings. The zero-order valence-corrected chi connectivity index (χ0v) is 14.4. The minimum absolute atomic E-state index is 0.253. The maximum atomic E-state index is 12.4. The monoisotopic (exact) mass is 362 g/mol. The van der Waals surface area contributed by atoms with Crippen molar-refractivity contribution < 1.29 is 9.32 Å². The fourth-order valence-corrected chi connectivity index (χ4v) is 3.21. The van der Waals surface area contributed by atoms with Gasteiger partial charge in [0, 0.05) is 36.8 Å². The maximum Gasteiger partial charge on any atom is 0.273 e. The van der Waals surface area contributed by atoms with Gasteiger partial charge in [0.05, 0.1) is 10.6 Å². The van der Waals surface area contributed by atoms with Crippen LogP contribution in [0.5, 0.6) is 0 Å². The fraction of sp³-hybridized carbons (Fsp3) is 0.0526. The molecule has 7 heteroatoms. The van der Waals surface area contributed by atoms with Gasteiger partial charge in [0.25, 0.3) is 5.91 Å². The molecule has 4 aromatic heterocycles. The second-order valence-corrected chi connectivity index (χ2v) is 6.43. The summed E-state index contributed by atoms with van der Waals surface area (Å²) < 4.78 is 5.26. The summed E-state index contributed by atoms with van der Waals surface area (Å²) in [6, 6.07) is 13.0. The molecular formula is C19H14N4O2S. The van der Waals surface area contributed by atoms with E-state index in [1.54, 1.807) is 24.7 Å². The highest BCUT2D eigenvalue weighted by Crippen LogP contribution is 2.25. The number of hydrogen-bond acceptors (Lipinski definition) is 6. The molecule has 0 radical (unpaired) electrons. The van der Waals surface area contributed by atoms with E-state index in [-0.39, 0.29) is 11.6 Å². The van der Waals surface area contributed by atoms with Gasteiger partial charge in [0.15, 0.2) is 11.5 Å².